The van der Waals surface area contributed by atoms with E-state index in [1.54, 1.807) is 6.07 Å². The second kappa shape index (κ2) is 13.8. The largest absolute Gasteiger partial charge is 0.490 e. The van der Waals surface area contributed by atoms with Crippen LogP contribution < -0.4 is 14.4 Å². The maximum absolute atomic E-state index is 13.6. The van der Waals surface area contributed by atoms with Crippen LogP contribution in [0.3, 0.4) is 0 Å². The van der Waals surface area contributed by atoms with Gasteiger partial charge in [0.05, 0.1) is 31.5 Å². The van der Waals surface area contributed by atoms with E-state index in [0.717, 1.165) is 80.9 Å². The van der Waals surface area contributed by atoms with Crippen LogP contribution in [-0.2, 0) is 31.0 Å². The summed E-state index contributed by atoms with van der Waals surface area (Å²) in [5.74, 6) is 6.15. The molecule has 0 radical (unpaired) electrons. The third kappa shape index (κ3) is 7.00. The molecular formula is C38H52ClN3O5S. The van der Waals surface area contributed by atoms with E-state index in [0.29, 0.717) is 43.0 Å². The van der Waals surface area contributed by atoms with Crippen LogP contribution >= 0.6 is 11.6 Å². The van der Waals surface area contributed by atoms with Gasteiger partial charge in [-0.3, -0.25) is 9.52 Å². The first kappa shape index (κ1) is 34.2. The maximum atomic E-state index is 13.6. The van der Waals surface area contributed by atoms with Crippen molar-refractivity contribution in [3.63, 3.8) is 0 Å². The molecule has 2 fully saturated rings. The highest BCUT2D eigenvalue weighted by molar-refractivity contribution is 7.99. The molecule has 2 bridgehead atoms. The first-order valence-corrected chi connectivity index (χ1v) is 20.1. The van der Waals surface area contributed by atoms with Crippen molar-refractivity contribution in [2.24, 2.45) is 23.7 Å². The number of benzene rings is 2. The molecule has 2 aromatic rings. The molecule has 2 aromatic carbocycles. The smallest absolute Gasteiger partial charge is 0.262 e. The van der Waals surface area contributed by atoms with Crippen molar-refractivity contribution in [2.75, 3.05) is 57.7 Å². The van der Waals surface area contributed by atoms with Gasteiger partial charge < -0.3 is 24.0 Å². The van der Waals surface area contributed by atoms with Gasteiger partial charge in [0.15, 0.2) is 6.29 Å². The van der Waals surface area contributed by atoms with Crippen molar-refractivity contribution < 1.29 is 23.2 Å². The monoisotopic (exact) mass is 697 g/mol. The number of likely N-dealkylation sites (N-methyl/N-ethyl adjacent to an activating group) is 1. The molecule has 3 aliphatic heterocycles. The maximum Gasteiger partial charge on any atom is 0.262 e. The van der Waals surface area contributed by atoms with E-state index >= 15 is 0 Å². The molecule has 8 nitrogen and oxygen atoms in total. The van der Waals surface area contributed by atoms with Crippen LogP contribution in [0.5, 0.6) is 5.75 Å². The zero-order valence-corrected chi connectivity index (χ0v) is 30.3. The van der Waals surface area contributed by atoms with Gasteiger partial charge >= 0.3 is 0 Å². The third-order valence-corrected chi connectivity index (χ3v) is 13.7. The number of anilines is 1. The molecule has 1 N–H and O–H groups in total. The summed E-state index contributed by atoms with van der Waals surface area (Å²) >= 11 is 6.48. The van der Waals surface area contributed by atoms with E-state index in [2.05, 4.69) is 53.5 Å². The average molecular weight is 698 g/mol. The van der Waals surface area contributed by atoms with Crippen LogP contribution in [0.4, 0.5) is 5.69 Å². The Kier molecular flexibility index (Phi) is 9.81. The van der Waals surface area contributed by atoms with Gasteiger partial charge in [-0.1, -0.05) is 31.0 Å². The Morgan fingerprint density at radius 3 is 2.60 bits per heavy atom. The summed E-state index contributed by atoms with van der Waals surface area (Å²) in [6.45, 7) is 5.69. The fraction of sp³-hybridized carbons (Fsp3) is 0.632. The van der Waals surface area contributed by atoms with E-state index in [-0.39, 0.29) is 35.5 Å². The molecule has 1 saturated heterocycles. The molecule has 7 rings (SSSR count). The number of fused-ring (bicyclic) bond motifs is 4. The molecule has 0 aromatic heterocycles. The van der Waals surface area contributed by atoms with Crippen molar-refractivity contribution in [3.8, 4) is 5.75 Å². The number of amides is 1. The number of aryl methyl sites for hydroxylation is 1. The van der Waals surface area contributed by atoms with Gasteiger partial charge in [0, 0.05) is 50.5 Å². The SMILES string of the molecule is C=S1(=O)C[C@@H](C)CCC[C@@H](C2OCC(N(C)C)CO2)[C@@H]2CC[C@H]2CN2C[C@@]3(CCCc4cc(Cl)ccc43)COc3ccc(cc32)C(=O)N1. The lowest BCUT2D eigenvalue weighted by molar-refractivity contribution is -0.240. The molecule has 5 aliphatic rings. The fourth-order valence-corrected chi connectivity index (χ4v) is 10.9. The lowest BCUT2D eigenvalue weighted by atomic mass is 9.64. The Labute approximate surface area is 292 Å². The third-order valence-electron chi connectivity index (χ3n) is 11.8. The number of hydrogen-bond acceptors (Lipinski definition) is 7. The van der Waals surface area contributed by atoms with Crippen molar-refractivity contribution in [3.05, 3.63) is 58.1 Å². The van der Waals surface area contributed by atoms with Crippen LogP contribution in [0, 0.1) is 23.7 Å². The van der Waals surface area contributed by atoms with Gasteiger partial charge in [0.25, 0.3) is 5.91 Å². The predicted octanol–water partition coefficient (Wildman–Crippen LogP) is 5.94. The van der Waals surface area contributed by atoms with E-state index in [1.807, 2.05) is 18.2 Å². The Morgan fingerprint density at radius 1 is 1.04 bits per heavy atom. The Balaban J connectivity index is 1.25. The number of carbonyl (C=O) groups is 1. The van der Waals surface area contributed by atoms with Gasteiger partial charge in [0.1, 0.15) is 5.75 Å². The topological polar surface area (TPSA) is 80.3 Å². The molecule has 48 heavy (non-hydrogen) atoms. The fourth-order valence-electron chi connectivity index (χ4n) is 9.04. The summed E-state index contributed by atoms with van der Waals surface area (Å²) in [6, 6.07) is 12.3. The zero-order chi connectivity index (χ0) is 33.6. The molecule has 6 atom stereocenters. The zero-order valence-electron chi connectivity index (χ0n) is 28.8. The van der Waals surface area contributed by atoms with Crippen LogP contribution in [0.1, 0.15) is 73.4 Å². The minimum Gasteiger partial charge on any atom is -0.490 e. The second-order valence-corrected chi connectivity index (χ2v) is 18.1. The van der Waals surface area contributed by atoms with Crippen molar-refractivity contribution in [1.29, 1.82) is 0 Å². The second-order valence-electron chi connectivity index (χ2n) is 15.6. The summed E-state index contributed by atoms with van der Waals surface area (Å²) in [5, 5.41) is 0.771. The van der Waals surface area contributed by atoms with E-state index < -0.39 is 9.71 Å². The number of ether oxygens (including phenoxy) is 3. The van der Waals surface area contributed by atoms with Gasteiger partial charge in [0.2, 0.25) is 0 Å². The number of halogens is 1. The van der Waals surface area contributed by atoms with Crippen molar-refractivity contribution in [2.45, 2.75) is 76.0 Å². The lowest BCUT2D eigenvalue weighted by Gasteiger charge is -2.49. The predicted molar refractivity (Wildman–Crippen MR) is 194 cm³/mol. The average Bonchev–Trinajstić information content (AvgIpc) is 3.18. The highest BCUT2D eigenvalue weighted by Crippen LogP contribution is 2.49. The summed E-state index contributed by atoms with van der Waals surface area (Å²) in [6.07, 6.45) is 8.10. The first-order chi connectivity index (χ1) is 23.0. The molecule has 1 spiro atoms. The van der Waals surface area contributed by atoms with Crippen molar-refractivity contribution >= 4 is 38.8 Å². The Morgan fingerprint density at radius 2 is 1.85 bits per heavy atom. The Hall–Kier alpha value is -2.30. The minimum atomic E-state index is -2.82. The minimum absolute atomic E-state index is 0.160. The highest BCUT2D eigenvalue weighted by atomic mass is 35.5. The van der Waals surface area contributed by atoms with Crippen LogP contribution in [0.25, 0.3) is 0 Å². The van der Waals surface area contributed by atoms with Gasteiger partial charge in [-0.2, -0.15) is 0 Å². The summed E-state index contributed by atoms with van der Waals surface area (Å²) < 4.78 is 36.1. The number of nitrogens with zero attached hydrogens (tertiary/aromatic N) is 2. The number of rotatable bonds is 2. The van der Waals surface area contributed by atoms with Gasteiger partial charge in [-0.05, 0) is 124 Å². The van der Waals surface area contributed by atoms with Crippen LogP contribution in [0.15, 0.2) is 36.4 Å². The summed E-state index contributed by atoms with van der Waals surface area (Å²) in [5.41, 5.74) is 3.84. The van der Waals surface area contributed by atoms with Crippen LogP contribution in [0.2, 0.25) is 5.02 Å². The normalized spacial score (nSPS) is 35.9. The van der Waals surface area contributed by atoms with Crippen molar-refractivity contribution in [1.82, 2.24) is 9.62 Å². The summed E-state index contributed by atoms with van der Waals surface area (Å²) in [7, 11) is 1.34. The van der Waals surface area contributed by atoms with E-state index in [4.69, 9.17) is 25.8 Å². The Bertz CT molecular complexity index is 1610. The molecule has 10 heteroatoms. The van der Waals surface area contributed by atoms with Gasteiger partial charge in [-0.15, -0.1) is 0 Å². The number of nitrogens with one attached hydrogen (secondary N) is 1. The molecule has 3 heterocycles. The molecule has 262 valence electrons. The first-order valence-electron chi connectivity index (χ1n) is 17.9. The van der Waals surface area contributed by atoms with Gasteiger partial charge in [-0.25, -0.2) is 4.21 Å². The van der Waals surface area contributed by atoms with Crippen LogP contribution in [-0.4, -0.2) is 86.0 Å². The number of hydrogen-bond donors (Lipinski definition) is 1. The van der Waals surface area contributed by atoms with E-state index in [1.165, 1.54) is 11.1 Å². The quantitative estimate of drug-likeness (QED) is 0.390. The number of carbonyl (C=O) groups excluding carboxylic acids is 1. The molecular weight excluding hydrogens is 646 g/mol. The standard InChI is InChI=1S/C38H52ClN3O5S/c1-25-7-5-9-32(37-45-20-30(21-46-37)41(2)3)31-13-10-28(31)19-42-23-38(16-6-8-26-17-29(39)12-14-33(26)38)24-47-35-15-11-27(18-34(35)42)36(43)40-48(4,44)22-25/h11-12,14-15,17-18,25,28,30-32,37H,4-10,13,16,19-24H2,1-3H3,(H,40,43,44)/t25-,28-,30?,31+,32+,37?,38-,48?/m0/s1. The molecule has 1 unspecified atom stereocenters. The highest BCUT2D eigenvalue weighted by Gasteiger charge is 2.46. The summed E-state index contributed by atoms with van der Waals surface area (Å²) in [4.78, 5) is 18.2. The molecule has 1 saturated carbocycles. The van der Waals surface area contributed by atoms with E-state index in [9.17, 15) is 9.00 Å². The molecule has 2 aliphatic carbocycles. The molecule has 1 amide bonds. The lowest BCUT2D eigenvalue weighted by Crippen LogP contribution is -2.52.